The predicted octanol–water partition coefficient (Wildman–Crippen LogP) is 3.05. The van der Waals surface area contributed by atoms with Crippen molar-refractivity contribution in [1.82, 2.24) is 0 Å². The molecule has 0 saturated heterocycles. The fourth-order valence-electron chi connectivity index (χ4n) is 4.64. The molecule has 0 radical (unpaired) electrons. The van der Waals surface area contributed by atoms with Gasteiger partial charge in [-0.3, -0.25) is 0 Å². The summed E-state index contributed by atoms with van der Waals surface area (Å²) in [7, 11) is -0.883. The number of hydrogen-bond donors (Lipinski definition) is 0. The average Bonchev–Trinajstić information content (AvgIpc) is 2.49. The van der Waals surface area contributed by atoms with Gasteiger partial charge in [0.1, 0.15) is 0 Å². The van der Waals surface area contributed by atoms with Crippen molar-refractivity contribution in [3.63, 3.8) is 0 Å². The summed E-state index contributed by atoms with van der Waals surface area (Å²) in [5, 5.41) is 0. The normalized spacial score (nSPS) is 22.0. The Bertz CT molecular complexity index is 258. The van der Waals surface area contributed by atoms with Crippen LogP contribution in [0.1, 0.15) is 64.2 Å². The lowest BCUT2D eigenvalue weighted by atomic mass is 9.99. The molecule has 0 aromatic rings. The molecule has 2 fully saturated rings. The van der Waals surface area contributed by atoms with E-state index in [1.807, 2.05) is 0 Å². The van der Waals surface area contributed by atoms with Crippen molar-refractivity contribution in [3.8, 4) is 0 Å². The third-order valence-corrected chi connectivity index (χ3v) is 11.4. The van der Waals surface area contributed by atoms with Crippen LogP contribution in [0.5, 0.6) is 0 Å². The van der Waals surface area contributed by atoms with Crippen LogP contribution in [0.15, 0.2) is 25.3 Å². The minimum atomic E-state index is -0.883. The molecule has 0 aromatic heterocycles. The highest BCUT2D eigenvalue weighted by molar-refractivity contribution is 7.77. The van der Waals surface area contributed by atoms with E-state index < -0.39 is 7.26 Å². The van der Waals surface area contributed by atoms with E-state index in [9.17, 15) is 0 Å². The Hall–Kier alpha value is 0.640. The van der Waals surface area contributed by atoms with Crippen molar-refractivity contribution in [3.05, 3.63) is 25.3 Å². The SMILES string of the molecule is C=CC[P+](CC=C)(C1CCCCC1)C1CCCCC1.[I-]. The van der Waals surface area contributed by atoms with E-state index in [1.54, 1.807) is 0 Å². The van der Waals surface area contributed by atoms with Crippen molar-refractivity contribution in [2.24, 2.45) is 0 Å². The lowest BCUT2D eigenvalue weighted by Gasteiger charge is -2.42. The van der Waals surface area contributed by atoms with Crippen LogP contribution in [-0.4, -0.2) is 23.6 Å². The Morgan fingerprint density at radius 3 is 1.35 bits per heavy atom. The zero-order valence-corrected chi connectivity index (χ0v) is 16.1. The second-order valence-electron chi connectivity index (χ2n) is 6.63. The smallest absolute Gasteiger partial charge is 0.0779 e. The summed E-state index contributed by atoms with van der Waals surface area (Å²) in [6, 6.07) is 0. The van der Waals surface area contributed by atoms with Crippen LogP contribution >= 0.6 is 7.26 Å². The molecule has 0 bridgehead atoms. The Balaban J connectivity index is 0.00000200. The first-order valence-electron chi connectivity index (χ1n) is 8.41. The van der Waals surface area contributed by atoms with E-state index in [1.165, 1.54) is 76.5 Å². The first-order chi connectivity index (χ1) is 9.33. The highest BCUT2D eigenvalue weighted by atomic mass is 127. The van der Waals surface area contributed by atoms with Crippen LogP contribution in [0.4, 0.5) is 0 Å². The van der Waals surface area contributed by atoms with Crippen LogP contribution in [0.25, 0.3) is 0 Å². The molecule has 0 N–H and O–H groups in total. The molecule has 20 heavy (non-hydrogen) atoms. The predicted molar refractivity (Wildman–Crippen MR) is 90.8 cm³/mol. The fourth-order valence-corrected chi connectivity index (χ4v) is 10.3. The first-order valence-corrected chi connectivity index (χ1v) is 10.7. The van der Waals surface area contributed by atoms with Crippen LogP contribution in [-0.2, 0) is 0 Å². The van der Waals surface area contributed by atoms with Gasteiger partial charge in [-0.15, -0.1) is 0 Å². The maximum Gasteiger partial charge on any atom is 0.0779 e. The van der Waals surface area contributed by atoms with Crippen molar-refractivity contribution in [2.45, 2.75) is 75.5 Å². The molecular weight excluding hydrogens is 374 g/mol. The van der Waals surface area contributed by atoms with Gasteiger partial charge in [-0.2, -0.15) is 0 Å². The van der Waals surface area contributed by atoms with Crippen LogP contribution in [0.2, 0.25) is 0 Å². The third-order valence-electron chi connectivity index (χ3n) is 5.54. The molecule has 0 nitrogen and oxygen atoms in total. The van der Waals surface area contributed by atoms with Crippen molar-refractivity contribution in [2.75, 3.05) is 12.3 Å². The molecule has 0 aliphatic heterocycles. The number of rotatable bonds is 6. The quantitative estimate of drug-likeness (QED) is 0.362. The summed E-state index contributed by atoms with van der Waals surface area (Å²) in [6.45, 7) is 8.22. The van der Waals surface area contributed by atoms with E-state index in [4.69, 9.17) is 0 Å². The van der Waals surface area contributed by atoms with Gasteiger partial charge in [0.25, 0.3) is 0 Å². The zero-order valence-electron chi connectivity index (χ0n) is 13.0. The highest BCUT2D eigenvalue weighted by Gasteiger charge is 2.50. The summed E-state index contributed by atoms with van der Waals surface area (Å²) >= 11 is 0. The van der Waals surface area contributed by atoms with Gasteiger partial charge >= 0.3 is 0 Å². The van der Waals surface area contributed by atoms with E-state index in [0.29, 0.717) is 0 Å². The molecule has 2 heteroatoms. The summed E-state index contributed by atoms with van der Waals surface area (Å²) in [4.78, 5) is 0. The molecule has 0 aromatic carbocycles. The van der Waals surface area contributed by atoms with Crippen LogP contribution in [0.3, 0.4) is 0 Å². The lowest BCUT2D eigenvalue weighted by Crippen LogP contribution is -3.00. The first kappa shape index (κ1) is 18.7. The van der Waals surface area contributed by atoms with Crippen LogP contribution in [0, 0.1) is 0 Å². The minimum absolute atomic E-state index is 0. The minimum Gasteiger partial charge on any atom is -1.00 e. The number of hydrogen-bond acceptors (Lipinski definition) is 0. The number of halogens is 1. The zero-order chi connectivity index (χ0) is 13.6. The maximum atomic E-state index is 4.11. The number of allylic oxidation sites excluding steroid dienone is 2. The average molecular weight is 406 g/mol. The molecule has 2 aliphatic carbocycles. The molecule has 0 heterocycles. The largest absolute Gasteiger partial charge is 1.00 e. The molecule has 0 spiro atoms. The van der Waals surface area contributed by atoms with E-state index in [0.717, 1.165) is 11.3 Å². The topological polar surface area (TPSA) is 0 Å². The summed E-state index contributed by atoms with van der Waals surface area (Å²) < 4.78 is 0. The van der Waals surface area contributed by atoms with E-state index in [-0.39, 0.29) is 24.0 Å². The second kappa shape index (κ2) is 9.62. The van der Waals surface area contributed by atoms with Gasteiger partial charge in [-0.1, -0.05) is 38.2 Å². The van der Waals surface area contributed by atoms with Gasteiger partial charge in [0.15, 0.2) is 0 Å². The van der Waals surface area contributed by atoms with Gasteiger partial charge in [-0.25, -0.2) is 0 Å². The molecule has 2 saturated carbocycles. The Morgan fingerprint density at radius 1 is 0.700 bits per heavy atom. The molecule has 116 valence electrons. The molecule has 0 amide bonds. The van der Waals surface area contributed by atoms with Crippen molar-refractivity contribution >= 4 is 7.26 Å². The van der Waals surface area contributed by atoms with Gasteiger partial charge in [0.05, 0.1) is 23.6 Å². The Morgan fingerprint density at radius 2 is 1.05 bits per heavy atom. The highest BCUT2D eigenvalue weighted by Crippen LogP contribution is 2.72. The standard InChI is InChI=1S/C18H32P.HI/c1-3-15-19(16-4-2,17-11-7-5-8-12-17)18-13-9-6-10-14-18;/h3-4,17-18H,1-2,5-16H2;1H/q+1;/p-1. The van der Waals surface area contributed by atoms with Gasteiger partial charge in [-0.05, 0) is 51.4 Å². The summed E-state index contributed by atoms with van der Waals surface area (Å²) in [5.74, 6) is 0. The van der Waals surface area contributed by atoms with Gasteiger partial charge < -0.3 is 24.0 Å². The van der Waals surface area contributed by atoms with Gasteiger partial charge in [0, 0.05) is 7.26 Å². The van der Waals surface area contributed by atoms with Crippen molar-refractivity contribution in [1.29, 1.82) is 0 Å². The van der Waals surface area contributed by atoms with E-state index >= 15 is 0 Å². The maximum absolute atomic E-state index is 4.11. The molecule has 0 atom stereocenters. The lowest BCUT2D eigenvalue weighted by molar-refractivity contribution is -0.00000405. The van der Waals surface area contributed by atoms with Crippen molar-refractivity contribution < 1.29 is 24.0 Å². The molecule has 0 unspecified atom stereocenters. The molecule has 2 rings (SSSR count). The monoisotopic (exact) mass is 406 g/mol. The molecular formula is C18H32IP. The Labute approximate surface area is 144 Å². The Kier molecular flexibility index (Phi) is 8.98. The third kappa shape index (κ3) is 4.32. The van der Waals surface area contributed by atoms with Gasteiger partial charge in [0.2, 0.25) is 0 Å². The van der Waals surface area contributed by atoms with E-state index in [2.05, 4.69) is 25.3 Å². The second-order valence-corrected chi connectivity index (χ2v) is 11.0. The summed E-state index contributed by atoms with van der Waals surface area (Å²) in [6.07, 6.45) is 22.0. The summed E-state index contributed by atoms with van der Waals surface area (Å²) in [5.41, 5.74) is 2.08. The van der Waals surface area contributed by atoms with Crippen LogP contribution < -0.4 is 24.0 Å². The fraction of sp³-hybridized carbons (Fsp3) is 0.778. The molecule has 2 aliphatic rings.